The van der Waals surface area contributed by atoms with Gasteiger partial charge in [0.15, 0.2) is 30.5 Å². The summed E-state index contributed by atoms with van der Waals surface area (Å²) >= 11 is 12.8. The first kappa shape index (κ1) is 40.2. The average molecular weight is 804 g/mol. The van der Waals surface area contributed by atoms with Crippen molar-refractivity contribution in [3.05, 3.63) is 75.5 Å². The SMILES string of the molecule is COc1ccc(C(=O)OCC(=O)O[C@@H](Cc2c(Cl)c[nH+]cc2Cl)c2ccc(OC(F)F)c(OCC3CC3)c2)cc1N(CCN1CCOCC1)S(C)(=O)=O. The lowest BCUT2D eigenvalue weighted by molar-refractivity contribution is -0.377. The monoisotopic (exact) mass is 802 g/mol. The number of ether oxygens (including phenoxy) is 6. The Bertz CT molecular complexity index is 1840. The summed E-state index contributed by atoms with van der Waals surface area (Å²) in [5.41, 5.74) is 0.837. The Morgan fingerprint density at radius 3 is 2.38 bits per heavy atom. The number of anilines is 1. The number of aromatic amines is 1. The molecule has 18 heteroatoms. The number of carbonyl (C=O) groups excluding carboxylic acids is 2. The zero-order chi connectivity index (χ0) is 38.1. The minimum absolute atomic E-state index is 0.0316. The quantitative estimate of drug-likeness (QED) is 0.161. The first-order valence-corrected chi connectivity index (χ1v) is 19.3. The first-order chi connectivity index (χ1) is 25.3. The number of H-pyrrole nitrogens is 1. The highest BCUT2D eigenvalue weighted by atomic mass is 35.5. The van der Waals surface area contributed by atoms with Crippen molar-refractivity contribution in [2.75, 3.05) is 70.3 Å². The number of alkyl halides is 2. The zero-order valence-electron chi connectivity index (χ0n) is 29.0. The molecule has 53 heavy (non-hydrogen) atoms. The second-order valence-corrected chi connectivity index (χ2v) is 15.1. The molecule has 13 nitrogen and oxygen atoms in total. The van der Waals surface area contributed by atoms with Gasteiger partial charge in [0.25, 0.3) is 0 Å². The second-order valence-electron chi connectivity index (χ2n) is 12.4. The average Bonchev–Trinajstić information content (AvgIpc) is 3.96. The van der Waals surface area contributed by atoms with Crippen molar-refractivity contribution < 1.29 is 60.2 Å². The molecule has 0 spiro atoms. The van der Waals surface area contributed by atoms with E-state index in [-0.39, 0.29) is 51.5 Å². The molecule has 3 aromatic rings. The summed E-state index contributed by atoms with van der Waals surface area (Å²) in [7, 11) is -2.44. The van der Waals surface area contributed by atoms with Gasteiger partial charge in [0.1, 0.15) is 21.9 Å². The summed E-state index contributed by atoms with van der Waals surface area (Å²) in [5.74, 6) is -1.54. The number of aromatic nitrogens is 1. The molecule has 1 aliphatic carbocycles. The van der Waals surface area contributed by atoms with Crippen LogP contribution in [0.15, 0.2) is 48.8 Å². The molecule has 0 radical (unpaired) electrons. The number of benzene rings is 2. The van der Waals surface area contributed by atoms with Crippen LogP contribution in [0.5, 0.6) is 17.2 Å². The molecule has 1 N–H and O–H groups in total. The van der Waals surface area contributed by atoms with Crippen LogP contribution in [-0.2, 0) is 35.4 Å². The van der Waals surface area contributed by atoms with Gasteiger partial charge in [0.05, 0.1) is 44.4 Å². The van der Waals surface area contributed by atoms with Crippen LogP contribution in [0.25, 0.3) is 0 Å². The van der Waals surface area contributed by atoms with Crippen LogP contribution in [0, 0.1) is 5.92 Å². The lowest BCUT2D eigenvalue weighted by Gasteiger charge is -2.30. The van der Waals surface area contributed by atoms with Gasteiger partial charge in [0.2, 0.25) is 10.0 Å². The van der Waals surface area contributed by atoms with E-state index in [9.17, 15) is 26.8 Å². The predicted molar refractivity (Wildman–Crippen MR) is 190 cm³/mol. The number of nitrogens with one attached hydrogen (secondary N) is 1. The van der Waals surface area contributed by atoms with Gasteiger partial charge in [-0.3, -0.25) is 9.21 Å². The summed E-state index contributed by atoms with van der Waals surface area (Å²) in [6.07, 6.45) is 4.80. The molecule has 288 valence electrons. The molecule has 0 amide bonds. The molecule has 1 saturated carbocycles. The number of sulfonamides is 1. The fourth-order valence-corrected chi connectivity index (χ4v) is 6.99. The Kier molecular flexibility index (Phi) is 14.0. The number of methoxy groups -OCH3 is 1. The Morgan fingerprint density at radius 2 is 1.74 bits per heavy atom. The van der Waals surface area contributed by atoms with Crippen LogP contribution >= 0.6 is 23.2 Å². The molecule has 1 aromatic heterocycles. The Morgan fingerprint density at radius 1 is 1.04 bits per heavy atom. The van der Waals surface area contributed by atoms with Crippen molar-refractivity contribution >= 4 is 50.9 Å². The fourth-order valence-electron chi connectivity index (χ4n) is 5.54. The van der Waals surface area contributed by atoms with Gasteiger partial charge in [-0.1, -0.05) is 29.3 Å². The lowest BCUT2D eigenvalue weighted by Crippen LogP contribution is -2.43. The van der Waals surface area contributed by atoms with Crippen molar-refractivity contribution in [2.45, 2.75) is 32.0 Å². The number of esters is 2. The molecule has 1 aliphatic heterocycles. The van der Waals surface area contributed by atoms with Gasteiger partial charge in [-0.25, -0.2) is 23.0 Å². The molecule has 2 aliphatic rings. The minimum Gasteiger partial charge on any atom is -0.495 e. The van der Waals surface area contributed by atoms with E-state index in [0.717, 1.165) is 23.4 Å². The predicted octanol–water partition coefficient (Wildman–Crippen LogP) is 4.99. The highest BCUT2D eigenvalue weighted by molar-refractivity contribution is 7.92. The highest BCUT2D eigenvalue weighted by Crippen LogP contribution is 2.38. The van der Waals surface area contributed by atoms with Gasteiger partial charge >= 0.3 is 18.6 Å². The zero-order valence-corrected chi connectivity index (χ0v) is 31.4. The van der Waals surface area contributed by atoms with E-state index in [2.05, 4.69) is 14.6 Å². The number of morpholine rings is 1. The van der Waals surface area contributed by atoms with Crippen molar-refractivity contribution in [3.63, 3.8) is 0 Å². The van der Waals surface area contributed by atoms with Crippen LogP contribution in [0.4, 0.5) is 14.5 Å². The van der Waals surface area contributed by atoms with Crippen LogP contribution in [0.2, 0.25) is 10.0 Å². The molecule has 2 fully saturated rings. The smallest absolute Gasteiger partial charge is 0.387 e. The second kappa shape index (κ2) is 18.4. The third-order valence-corrected chi connectivity index (χ3v) is 10.4. The molecule has 0 unspecified atom stereocenters. The van der Waals surface area contributed by atoms with Crippen molar-refractivity contribution in [1.29, 1.82) is 0 Å². The topological polar surface area (TPSA) is 144 Å². The van der Waals surface area contributed by atoms with Crippen molar-refractivity contribution in [1.82, 2.24) is 4.90 Å². The molecule has 5 rings (SSSR count). The summed E-state index contributed by atoms with van der Waals surface area (Å²) in [4.78, 5) is 31.3. The van der Waals surface area contributed by atoms with E-state index < -0.39 is 41.3 Å². The van der Waals surface area contributed by atoms with Crippen LogP contribution in [0.1, 0.15) is 40.4 Å². The van der Waals surface area contributed by atoms with Gasteiger partial charge < -0.3 is 28.4 Å². The number of pyridine rings is 1. The highest BCUT2D eigenvalue weighted by Gasteiger charge is 2.28. The number of hydrogen-bond acceptors (Lipinski definition) is 11. The number of halogens is 4. The maximum absolute atomic E-state index is 13.2. The minimum atomic E-state index is -3.81. The number of rotatable bonds is 18. The summed E-state index contributed by atoms with van der Waals surface area (Å²) < 4.78 is 85.7. The van der Waals surface area contributed by atoms with Crippen LogP contribution in [-0.4, -0.2) is 97.8 Å². The van der Waals surface area contributed by atoms with E-state index >= 15 is 0 Å². The van der Waals surface area contributed by atoms with Gasteiger partial charge in [0, 0.05) is 38.2 Å². The van der Waals surface area contributed by atoms with E-state index in [0.29, 0.717) is 56.5 Å². The maximum atomic E-state index is 13.2. The van der Waals surface area contributed by atoms with Gasteiger partial charge in [-0.2, -0.15) is 8.78 Å². The summed E-state index contributed by atoms with van der Waals surface area (Å²) in [6, 6.07) is 8.29. The number of carbonyl (C=O) groups is 2. The third kappa shape index (κ3) is 11.5. The largest absolute Gasteiger partial charge is 0.495 e. The number of nitrogens with zero attached hydrogens (tertiary/aromatic N) is 2. The third-order valence-electron chi connectivity index (χ3n) is 8.51. The molecule has 2 aromatic carbocycles. The standard InChI is InChI=1S/C35H39Cl2F2N3O10S/c1-47-29-7-6-24(15-28(29)42(53(2,45)46)10-9-41-11-13-48-14-12-41)34(44)50-21-33(43)51-31(17-25-26(36)18-40-19-27(25)37)23-5-8-30(52-35(38)39)32(16-23)49-20-22-3-4-22/h5-8,15-16,18-19,22,31,35H,3-4,9-14,17,20-21H2,1-2H3/p+1/t31-/m0/s1. The van der Waals surface area contributed by atoms with E-state index in [1.807, 2.05) is 0 Å². The summed E-state index contributed by atoms with van der Waals surface area (Å²) in [5, 5.41) is 0.493. The van der Waals surface area contributed by atoms with E-state index in [4.69, 9.17) is 46.9 Å². The molecule has 1 atom stereocenters. The lowest BCUT2D eigenvalue weighted by atomic mass is 10.0. The van der Waals surface area contributed by atoms with Crippen LogP contribution in [0.3, 0.4) is 0 Å². The first-order valence-electron chi connectivity index (χ1n) is 16.7. The van der Waals surface area contributed by atoms with E-state index in [1.165, 1.54) is 55.9 Å². The molecular weight excluding hydrogens is 763 g/mol. The molecule has 2 heterocycles. The van der Waals surface area contributed by atoms with Crippen molar-refractivity contribution in [3.8, 4) is 17.2 Å². The number of hydrogen-bond donors (Lipinski definition) is 0. The molecule has 0 bridgehead atoms. The maximum Gasteiger partial charge on any atom is 0.387 e. The normalized spacial score (nSPS) is 15.5. The Balaban J connectivity index is 1.33. The molecular formula is C35H40Cl2F2N3O10S+. The van der Waals surface area contributed by atoms with Crippen molar-refractivity contribution in [2.24, 2.45) is 5.92 Å². The molecule has 1 saturated heterocycles. The fraction of sp³-hybridized carbons (Fsp3) is 0.457. The van der Waals surface area contributed by atoms with Gasteiger partial charge in [-0.15, -0.1) is 0 Å². The van der Waals surface area contributed by atoms with Gasteiger partial charge in [-0.05, 0) is 54.7 Å². The Labute approximate surface area is 316 Å². The van der Waals surface area contributed by atoms with Crippen LogP contribution < -0.4 is 23.5 Å². The summed E-state index contributed by atoms with van der Waals surface area (Å²) in [6.45, 7) is -0.770. The van der Waals surface area contributed by atoms with E-state index in [1.54, 1.807) is 0 Å². The Hall–Kier alpha value is -3.96.